The molecule has 3 aliphatic rings. The number of allylic oxidation sites excluding steroid dienone is 1. The van der Waals surface area contributed by atoms with E-state index in [1.54, 1.807) is 11.4 Å². The van der Waals surface area contributed by atoms with Crippen LogP contribution in [0.4, 0.5) is 5.69 Å². The summed E-state index contributed by atoms with van der Waals surface area (Å²) in [5.74, 6) is 0.545. The molecule has 1 fully saturated rings. The van der Waals surface area contributed by atoms with Crippen molar-refractivity contribution in [3.63, 3.8) is 0 Å². The number of likely N-dealkylation sites (tertiary alicyclic amines) is 1. The number of nitrogens with zero attached hydrogens (tertiary/aromatic N) is 2. The third-order valence-corrected chi connectivity index (χ3v) is 5.25. The molecule has 1 saturated heterocycles. The van der Waals surface area contributed by atoms with Gasteiger partial charge in [0.2, 0.25) is 0 Å². The van der Waals surface area contributed by atoms with Gasteiger partial charge >= 0.3 is 0 Å². The van der Waals surface area contributed by atoms with Gasteiger partial charge in [0, 0.05) is 48.0 Å². The molecule has 3 heterocycles. The molecule has 106 valence electrons. The molecule has 4 rings (SSSR count). The van der Waals surface area contributed by atoms with Crippen LogP contribution in [0.15, 0.2) is 35.7 Å². The van der Waals surface area contributed by atoms with Gasteiger partial charge in [-0.25, -0.2) is 0 Å². The van der Waals surface area contributed by atoms with Crippen LogP contribution in [-0.4, -0.2) is 24.5 Å². The normalized spacial score (nSPS) is 27.2. The topological polar surface area (TPSA) is 6.48 Å². The Morgan fingerprint density at radius 1 is 1.10 bits per heavy atom. The van der Waals surface area contributed by atoms with Crippen molar-refractivity contribution in [1.29, 1.82) is 0 Å². The molecule has 2 heteroatoms. The second-order valence-electron chi connectivity index (χ2n) is 7.18. The molecule has 0 N–H and O–H groups in total. The number of para-hydroxylation sites is 1. The van der Waals surface area contributed by atoms with Gasteiger partial charge in [0.1, 0.15) is 0 Å². The molecular weight excluding hydrogens is 244 g/mol. The Bertz CT molecular complexity index is 579. The minimum atomic E-state index is 0.279. The first kappa shape index (κ1) is 12.3. The molecular formula is C18H24N2. The summed E-state index contributed by atoms with van der Waals surface area (Å²) < 4.78 is 0. The van der Waals surface area contributed by atoms with Crippen LogP contribution in [0, 0.1) is 5.41 Å². The highest BCUT2D eigenvalue weighted by atomic mass is 15.3. The van der Waals surface area contributed by atoms with E-state index in [1.165, 1.54) is 37.2 Å². The molecule has 1 aromatic carbocycles. The molecule has 20 heavy (non-hydrogen) atoms. The molecule has 0 radical (unpaired) electrons. The van der Waals surface area contributed by atoms with Gasteiger partial charge in [-0.3, -0.25) is 0 Å². The maximum absolute atomic E-state index is 2.66. The van der Waals surface area contributed by atoms with Gasteiger partial charge in [0.25, 0.3) is 0 Å². The lowest BCUT2D eigenvalue weighted by Gasteiger charge is -2.31. The van der Waals surface area contributed by atoms with Crippen LogP contribution in [-0.2, 0) is 0 Å². The zero-order valence-electron chi connectivity index (χ0n) is 12.8. The van der Waals surface area contributed by atoms with E-state index < -0.39 is 0 Å². The summed E-state index contributed by atoms with van der Waals surface area (Å²) in [6, 6.07) is 8.95. The quantitative estimate of drug-likeness (QED) is 0.760. The third-order valence-electron chi connectivity index (χ3n) is 5.25. The molecule has 0 saturated carbocycles. The van der Waals surface area contributed by atoms with Crippen molar-refractivity contribution in [2.45, 2.75) is 39.5 Å². The van der Waals surface area contributed by atoms with E-state index >= 15 is 0 Å². The standard InChI is InChI=1S/C18H24N2/c1-13-14-8-4-5-9-15(14)20-12-18(2,3)17(16(13)20)19-10-6-7-11-19/h4-5,8-9,13H,6-7,10-12H2,1-3H3. The number of hydrogen-bond donors (Lipinski definition) is 0. The summed E-state index contributed by atoms with van der Waals surface area (Å²) in [4.78, 5) is 5.26. The fourth-order valence-corrected chi connectivity index (χ4v) is 4.46. The number of anilines is 1. The van der Waals surface area contributed by atoms with Crippen LogP contribution in [0.3, 0.4) is 0 Å². The summed E-state index contributed by atoms with van der Waals surface area (Å²) in [6.45, 7) is 10.8. The lowest BCUT2D eigenvalue weighted by Crippen LogP contribution is -2.30. The Labute approximate surface area is 122 Å². The smallest absolute Gasteiger partial charge is 0.0452 e. The zero-order valence-corrected chi connectivity index (χ0v) is 12.8. The van der Waals surface area contributed by atoms with Crippen molar-refractivity contribution in [2.24, 2.45) is 5.41 Å². The van der Waals surface area contributed by atoms with E-state index in [0.29, 0.717) is 5.92 Å². The molecule has 0 spiro atoms. The molecule has 1 unspecified atom stereocenters. The summed E-state index contributed by atoms with van der Waals surface area (Å²) in [7, 11) is 0. The molecule has 1 atom stereocenters. The van der Waals surface area contributed by atoms with Crippen molar-refractivity contribution in [3.8, 4) is 0 Å². The Balaban J connectivity index is 1.87. The number of rotatable bonds is 1. The number of fused-ring (bicyclic) bond motifs is 3. The van der Waals surface area contributed by atoms with Crippen LogP contribution < -0.4 is 4.90 Å². The van der Waals surface area contributed by atoms with Crippen LogP contribution in [0.1, 0.15) is 45.1 Å². The summed E-state index contributed by atoms with van der Waals surface area (Å²) >= 11 is 0. The van der Waals surface area contributed by atoms with Crippen molar-refractivity contribution < 1.29 is 0 Å². The van der Waals surface area contributed by atoms with Crippen LogP contribution in [0.2, 0.25) is 0 Å². The van der Waals surface area contributed by atoms with E-state index in [0.717, 1.165) is 6.54 Å². The molecule has 0 aliphatic carbocycles. The van der Waals surface area contributed by atoms with E-state index in [2.05, 4.69) is 54.8 Å². The summed E-state index contributed by atoms with van der Waals surface area (Å²) in [5, 5.41) is 0. The van der Waals surface area contributed by atoms with Crippen LogP contribution in [0.25, 0.3) is 0 Å². The largest absolute Gasteiger partial charge is 0.373 e. The average molecular weight is 268 g/mol. The van der Waals surface area contributed by atoms with Gasteiger partial charge in [-0.1, -0.05) is 39.0 Å². The molecule has 0 aromatic heterocycles. The molecule has 2 nitrogen and oxygen atoms in total. The van der Waals surface area contributed by atoms with Crippen molar-refractivity contribution in [3.05, 3.63) is 41.2 Å². The molecule has 0 amide bonds. The Hall–Kier alpha value is -1.44. The minimum absolute atomic E-state index is 0.279. The van der Waals surface area contributed by atoms with Crippen molar-refractivity contribution in [1.82, 2.24) is 4.90 Å². The lowest BCUT2D eigenvalue weighted by molar-refractivity contribution is 0.313. The van der Waals surface area contributed by atoms with Gasteiger partial charge in [0.15, 0.2) is 0 Å². The van der Waals surface area contributed by atoms with Gasteiger partial charge in [0.05, 0.1) is 0 Å². The SMILES string of the molecule is CC1C2=C(N3CCCC3)C(C)(C)CN2c2ccccc21. The van der Waals surface area contributed by atoms with Crippen LogP contribution in [0.5, 0.6) is 0 Å². The second kappa shape index (κ2) is 4.03. The summed E-state index contributed by atoms with van der Waals surface area (Å²) in [6.07, 6.45) is 2.71. The maximum Gasteiger partial charge on any atom is 0.0452 e. The predicted molar refractivity (Wildman–Crippen MR) is 83.8 cm³/mol. The van der Waals surface area contributed by atoms with E-state index in [1.807, 2.05) is 0 Å². The van der Waals surface area contributed by atoms with Gasteiger partial charge < -0.3 is 9.80 Å². The lowest BCUT2D eigenvalue weighted by atomic mass is 9.87. The minimum Gasteiger partial charge on any atom is -0.373 e. The highest BCUT2D eigenvalue weighted by Crippen LogP contribution is 2.54. The Morgan fingerprint density at radius 3 is 2.55 bits per heavy atom. The molecule has 3 aliphatic heterocycles. The number of hydrogen-bond acceptors (Lipinski definition) is 2. The second-order valence-corrected chi connectivity index (χ2v) is 7.18. The Morgan fingerprint density at radius 2 is 1.80 bits per heavy atom. The first-order chi connectivity index (χ1) is 9.59. The van der Waals surface area contributed by atoms with Crippen LogP contribution >= 0.6 is 0 Å². The summed E-state index contributed by atoms with van der Waals surface area (Å²) in [5.41, 5.74) is 6.44. The maximum atomic E-state index is 2.66. The highest BCUT2D eigenvalue weighted by molar-refractivity contribution is 5.71. The third kappa shape index (κ3) is 1.51. The first-order valence-corrected chi connectivity index (χ1v) is 7.96. The Kier molecular flexibility index (Phi) is 2.48. The zero-order chi connectivity index (χ0) is 13.9. The highest BCUT2D eigenvalue weighted by Gasteiger charge is 2.47. The van der Waals surface area contributed by atoms with Gasteiger partial charge in [-0.15, -0.1) is 0 Å². The first-order valence-electron chi connectivity index (χ1n) is 7.96. The van der Waals surface area contributed by atoms with Crippen molar-refractivity contribution >= 4 is 5.69 Å². The molecule has 0 bridgehead atoms. The van der Waals surface area contributed by atoms with Crippen molar-refractivity contribution in [2.75, 3.05) is 24.5 Å². The molecule has 1 aromatic rings. The van der Waals surface area contributed by atoms with Gasteiger partial charge in [-0.2, -0.15) is 0 Å². The monoisotopic (exact) mass is 268 g/mol. The number of benzene rings is 1. The van der Waals surface area contributed by atoms with E-state index in [4.69, 9.17) is 0 Å². The predicted octanol–water partition coefficient (Wildman–Crippen LogP) is 3.96. The van der Waals surface area contributed by atoms with Gasteiger partial charge in [-0.05, 0) is 24.5 Å². The van der Waals surface area contributed by atoms with E-state index in [9.17, 15) is 0 Å². The van der Waals surface area contributed by atoms with E-state index in [-0.39, 0.29) is 5.41 Å². The fourth-order valence-electron chi connectivity index (χ4n) is 4.46. The average Bonchev–Trinajstić information content (AvgIpc) is 3.08. The fraction of sp³-hybridized carbons (Fsp3) is 0.556.